The number of rotatable bonds is 6. The number of fused-ring (bicyclic) bond motifs is 1. The summed E-state index contributed by atoms with van der Waals surface area (Å²) in [6.07, 6.45) is 1.90. The van der Waals surface area contributed by atoms with Crippen molar-refractivity contribution in [1.29, 1.82) is 0 Å². The maximum absolute atomic E-state index is 12.0. The lowest BCUT2D eigenvalue weighted by Crippen LogP contribution is -2.29. The molecule has 108 valence electrons. The fraction of sp³-hybridized carbons (Fsp3) is 0.385. The molecule has 0 aliphatic heterocycles. The molecular weight excluding hydrogens is 278 g/mol. The molecule has 1 unspecified atom stereocenters. The van der Waals surface area contributed by atoms with E-state index >= 15 is 0 Å². The fourth-order valence-corrected chi connectivity index (χ4v) is 2.50. The van der Waals surface area contributed by atoms with Gasteiger partial charge in [-0.1, -0.05) is 13.3 Å². The molecule has 1 aromatic carbocycles. The number of nitrogen functional groups attached to an aromatic ring is 1. The quantitative estimate of drug-likeness (QED) is 0.620. The minimum Gasteiger partial charge on any atom is -0.430 e. The van der Waals surface area contributed by atoms with Gasteiger partial charge < -0.3 is 15.5 Å². The lowest BCUT2D eigenvalue weighted by molar-refractivity contribution is -0.118. The zero-order valence-corrected chi connectivity index (χ0v) is 12.0. The van der Waals surface area contributed by atoms with Crippen LogP contribution in [0.1, 0.15) is 19.8 Å². The van der Waals surface area contributed by atoms with Gasteiger partial charge >= 0.3 is 0 Å². The Balaban J connectivity index is 2.02. The molecule has 0 saturated carbocycles. The summed E-state index contributed by atoms with van der Waals surface area (Å²) in [7, 11) is -1.59. The van der Waals surface area contributed by atoms with E-state index in [-0.39, 0.29) is 16.9 Å². The molecule has 7 heteroatoms. The van der Waals surface area contributed by atoms with Crippen molar-refractivity contribution < 1.29 is 13.4 Å². The summed E-state index contributed by atoms with van der Waals surface area (Å²) in [5, 5.41) is 2.76. The number of benzene rings is 1. The van der Waals surface area contributed by atoms with E-state index in [1.54, 1.807) is 18.2 Å². The van der Waals surface area contributed by atoms with Crippen molar-refractivity contribution in [2.75, 3.05) is 18.0 Å². The number of nitrogens with one attached hydrogen (secondary N) is 1. The largest absolute Gasteiger partial charge is 0.430 e. The predicted molar refractivity (Wildman–Crippen MR) is 77.6 cm³/mol. The molecule has 2 rings (SSSR count). The van der Waals surface area contributed by atoms with E-state index in [0.717, 1.165) is 12.8 Å². The van der Waals surface area contributed by atoms with Gasteiger partial charge in [-0.2, -0.15) is 0 Å². The molecule has 0 aliphatic rings. The van der Waals surface area contributed by atoms with Crippen molar-refractivity contribution in [2.45, 2.75) is 25.0 Å². The molecule has 3 N–H and O–H groups in total. The second-order valence-corrected chi connectivity index (χ2v) is 5.73. The summed E-state index contributed by atoms with van der Waals surface area (Å²) in [6.45, 7) is 2.63. The van der Waals surface area contributed by atoms with Gasteiger partial charge in [-0.3, -0.25) is 4.79 Å². The molecule has 0 bridgehead atoms. The van der Waals surface area contributed by atoms with Crippen LogP contribution in [-0.2, 0) is 15.6 Å². The summed E-state index contributed by atoms with van der Waals surface area (Å²) in [5.41, 5.74) is 7.22. The Labute approximate surface area is 119 Å². The first-order valence-electron chi connectivity index (χ1n) is 6.41. The van der Waals surface area contributed by atoms with Gasteiger partial charge in [0.05, 0.1) is 0 Å². The number of nitrogens with two attached hydrogens (primary N) is 1. The first-order valence-corrected chi connectivity index (χ1v) is 7.73. The molecule has 0 spiro atoms. The summed E-state index contributed by atoms with van der Waals surface area (Å²) in [6, 6.07) is 5.00. The topological polar surface area (TPSA) is 98.2 Å². The van der Waals surface area contributed by atoms with Crippen LogP contribution in [0.25, 0.3) is 11.1 Å². The zero-order valence-electron chi connectivity index (χ0n) is 11.2. The van der Waals surface area contributed by atoms with Crippen molar-refractivity contribution in [3.8, 4) is 0 Å². The molecular formula is C13H17N3O3S. The summed E-state index contributed by atoms with van der Waals surface area (Å²) in [5.74, 6) is -0.412. The lowest BCUT2D eigenvalue weighted by atomic mass is 10.3. The molecule has 1 heterocycles. The van der Waals surface area contributed by atoms with E-state index in [9.17, 15) is 9.00 Å². The highest BCUT2D eigenvalue weighted by molar-refractivity contribution is 7.85. The Hall–Kier alpha value is -1.89. The van der Waals surface area contributed by atoms with Gasteiger partial charge in [0.25, 0.3) is 5.22 Å². The van der Waals surface area contributed by atoms with E-state index in [0.29, 0.717) is 23.3 Å². The van der Waals surface area contributed by atoms with Gasteiger partial charge in [0.2, 0.25) is 5.91 Å². The second-order valence-electron chi connectivity index (χ2n) is 4.40. The normalized spacial score (nSPS) is 12.4. The zero-order chi connectivity index (χ0) is 14.5. The Morgan fingerprint density at radius 2 is 2.30 bits per heavy atom. The molecule has 1 atom stereocenters. The molecule has 0 fully saturated rings. The van der Waals surface area contributed by atoms with Crippen LogP contribution in [0.5, 0.6) is 0 Å². The number of hydrogen-bond donors (Lipinski definition) is 2. The fourth-order valence-electron chi connectivity index (χ4n) is 1.65. The first-order chi connectivity index (χ1) is 9.60. The third kappa shape index (κ3) is 3.57. The highest BCUT2D eigenvalue weighted by Gasteiger charge is 2.16. The van der Waals surface area contributed by atoms with Crippen LogP contribution < -0.4 is 11.1 Å². The van der Waals surface area contributed by atoms with Crippen molar-refractivity contribution in [1.82, 2.24) is 10.3 Å². The number of aromatic nitrogens is 1. The minimum absolute atomic E-state index is 0.0521. The number of oxazole rings is 1. The van der Waals surface area contributed by atoms with E-state index in [4.69, 9.17) is 10.2 Å². The van der Waals surface area contributed by atoms with Crippen LogP contribution in [0.15, 0.2) is 27.8 Å². The van der Waals surface area contributed by atoms with Gasteiger partial charge in [-0.25, -0.2) is 9.19 Å². The van der Waals surface area contributed by atoms with Crippen LogP contribution >= 0.6 is 0 Å². The third-order valence-corrected chi connectivity index (χ3v) is 3.79. The standard InChI is InChI=1S/C13H17N3O3S/c1-2-3-6-15-12(17)8-20(18)13-16-10-5-4-9(14)7-11(10)19-13/h4-5,7H,2-3,6,8,14H2,1H3,(H,15,17). The van der Waals surface area contributed by atoms with E-state index in [1.807, 2.05) is 6.92 Å². The first kappa shape index (κ1) is 14.5. The number of amides is 1. The number of carbonyl (C=O) groups excluding carboxylic acids is 1. The van der Waals surface area contributed by atoms with E-state index in [1.165, 1.54) is 0 Å². The van der Waals surface area contributed by atoms with Crippen molar-refractivity contribution in [3.05, 3.63) is 18.2 Å². The van der Waals surface area contributed by atoms with E-state index < -0.39 is 10.8 Å². The minimum atomic E-state index is -1.59. The van der Waals surface area contributed by atoms with Crippen molar-refractivity contribution in [2.24, 2.45) is 0 Å². The highest BCUT2D eigenvalue weighted by Crippen LogP contribution is 2.20. The van der Waals surface area contributed by atoms with Crippen molar-refractivity contribution in [3.63, 3.8) is 0 Å². The Morgan fingerprint density at radius 1 is 1.50 bits per heavy atom. The SMILES string of the molecule is CCCCNC(=O)CS(=O)c1nc2ccc(N)cc2o1. The molecule has 0 saturated heterocycles. The van der Waals surface area contributed by atoms with Crippen molar-refractivity contribution >= 4 is 33.5 Å². The maximum Gasteiger partial charge on any atom is 0.288 e. The summed E-state index contributed by atoms with van der Waals surface area (Å²) in [4.78, 5) is 15.7. The number of hydrogen-bond acceptors (Lipinski definition) is 5. The molecule has 0 aliphatic carbocycles. The van der Waals surface area contributed by atoms with Crippen LogP contribution in [-0.4, -0.2) is 27.4 Å². The summed E-state index contributed by atoms with van der Waals surface area (Å²) >= 11 is 0. The van der Waals surface area contributed by atoms with Gasteiger partial charge in [-0.15, -0.1) is 0 Å². The average Bonchev–Trinajstić information content (AvgIpc) is 2.82. The summed E-state index contributed by atoms with van der Waals surface area (Å²) < 4.78 is 17.4. The average molecular weight is 295 g/mol. The number of carbonyl (C=O) groups is 1. The number of unbranched alkanes of at least 4 members (excludes halogenated alkanes) is 1. The van der Waals surface area contributed by atoms with Crippen LogP contribution in [0, 0.1) is 0 Å². The second kappa shape index (κ2) is 6.51. The molecule has 1 amide bonds. The molecule has 0 radical (unpaired) electrons. The lowest BCUT2D eigenvalue weighted by Gasteiger charge is -2.02. The van der Waals surface area contributed by atoms with Gasteiger partial charge in [0.1, 0.15) is 22.1 Å². The van der Waals surface area contributed by atoms with Crippen LogP contribution in [0.3, 0.4) is 0 Å². The maximum atomic E-state index is 12.0. The smallest absolute Gasteiger partial charge is 0.288 e. The Morgan fingerprint density at radius 3 is 3.05 bits per heavy atom. The van der Waals surface area contributed by atoms with Crippen LogP contribution in [0.2, 0.25) is 0 Å². The van der Waals surface area contributed by atoms with Gasteiger partial charge in [-0.05, 0) is 18.6 Å². The number of anilines is 1. The highest BCUT2D eigenvalue weighted by atomic mass is 32.2. The molecule has 20 heavy (non-hydrogen) atoms. The monoisotopic (exact) mass is 295 g/mol. The molecule has 2 aromatic rings. The van der Waals surface area contributed by atoms with Crippen LogP contribution in [0.4, 0.5) is 5.69 Å². The van der Waals surface area contributed by atoms with Gasteiger partial charge in [0, 0.05) is 18.3 Å². The van der Waals surface area contributed by atoms with Gasteiger partial charge in [0.15, 0.2) is 5.58 Å². The molecule has 1 aromatic heterocycles. The Bertz CT molecular complexity index is 639. The third-order valence-electron chi connectivity index (χ3n) is 2.70. The molecule has 6 nitrogen and oxygen atoms in total. The predicted octanol–water partition coefficient (Wildman–Crippen LogP) is 1.43. The number of nitrogens with zero attached hydrogens (tertiary/aromatic N) is 1. The van der Waals surface area contributed by atoms with E-state index in [2.05, 4.69) is 10.3 Å². The Kier molecular flexibility index (Phi) is 4.73.